The number of benzene rings is 2. The number of hydrazone groups is 1. The molecule has 0 saturated carbocycles. The van der Waals surface area contributed by atoms with Crippen molar-refractivity contribution in [2.45, 2.75) is 12.4 Å². The Hall–Kier alpha value is -3.59. The van der Waals surface area contributed by atoms with Crippen LogP contribution in [0.15, 0.2) is 59.7 Å². The lowest BCUT2D eigenvalue weighted by Crippen LogP contribution is -2.29. The van der Waals surface area contributed by atoms with Crippen molar-refractivity contribution in [2.24, 2.45) is 5.10 Å². The van der Waals surface area contributed by atoms with Crippen molar-refractivity contribution in [3.63, 3.8) is 0 Å². The minimum absolute atomic E-state index is 0.0522. The lowest BCUT2D eigenvalue weighted by Gasteiger charge is -2.16. The van der Waals surface area contributed by atoms with E-state index in [4.69, 9.17) is 10.00 Å². The minimum atomic E-state index is -5.82. The van der Waals surface area contributed by atoms with Crippen LogP contribution in [0.3, 0.4) is 0 Å². The van der Waals surface area contributed by atoms with Gasteiger partial charge in [0.2, 0.25) is 0 Å². The molecule has 0 N–H and O–H groups in total. The highest BCUT2D eigenvalue weighted by Gasteiger charge is 2.48. The van der Waals surface area contributed by atoms with Crippen molar-refractivity contribution in [1.82, 2.24) is 5.01 Å². The maximum atomic E-state index is 12.5. The smallest absolute Gasteiger partial charge is 0.448 e. The lowest BCUT2D eigenvalue weighted by atomic mass is 10.0. The number of nitrogens with zero attached hydrogens (tertiary/aromatic N) is 3. The Balaban J connectivity index is 2.46. The number of hydrogen-bond donors (Lipinski definition) is 0. The molecule has 2 rings (SSSR count). The Kier molecular flexibility index (Phi) is 7.60. The number of rotatable bonds is 7. The Bertz CT molecular complexity index is 1080. The van der Waals surface area contributed by atoms with E-state index < -0.39 is 34.0 Å². The van der Waals surface area contributed by atoms with Crippen molar-refractivity contribution in [3.8, 4) is 11.8 Å². The third-order valence-electron chi connectivity index (χ3n) is 3.58. The summed E-state index contributed by atoms with van der Waals surface area (Å²) >= 11 is 0. The van der Waals surface area contributed by atoms with Crippen molar-refractivity contribution in [3.05, 3.63) is 65.7 Å². The number of nitriles is 1. The molecule has 1 amide bonds. The van der Waals surface area contributed by atoms with E-state index in [1.165, 1.54) is 12.1 Å². The third kappa shape index (κ3) is 6.19. The van der Waals surface area contributed by atoms with Crippen LogP contribution in [0, 0.1) is 11.3 Å². The zero-order valence-corrected chi connectivity index (χ0v) is 16.9. The molecular weight excluding hydrogens is 439 g/mol. The predicted octanol–water partition coefficient (Wildman–Crippen LogP) is 3.65. The molecule has 12 heteroatoms. The van der Waals surface area contributed by atoms with Crippen LogP contribution in [0.5, 0.6) is 5.75 Å². The number of alkyl halides is 3. The Morgan fingerprint density at radius 3 is 2.19 bits per heavy atom. The van der Waals surface area contributed by atoms with Gasteiger partial charge in [0.1, 0.15) is 12.3 Å². The highest BCUT2D eigenvalue weighted by Crippen LogP contribution is 2.27. The topological polar surface area (TPSA) is 109 Å². The molecule has 0 radical (unpaired) electrons. The summed E-state index contributed by atoms with van der Waals surface area (Å²) in [6.07, 6.45) is -0.867. The van der Waals surface area contributed by atoms with Gasteiger partial charge >= 0.3 is 21.7 Å². The molecule has 0 unspecified atom stereocenters. The summed E-state index contributed by atoms with van der Waals surface area (Å²) < 4.78 is 68.7. The maximum Gasteiger partial charge on any atom is 0.534 e. The van der Waals surface area contributed by atoms with Crippen LogP contribution in [-0.4, -0.2) is 43.9 Å². The molecule has 8 nitrogen and oxygen atoms in total. The van der Waals surface area contributed by atoms with Gasteiger partial charge in [0.15, 0.2) is 0 Å². The summed E-state index contributed by atoms with van der Waals surface area (Å²) in [4.78, 5) is 12.1. The average Bonchev–Trinajstić information content (AvgIpc) is 2.71. The van der Waals surface area contributed by atoms with Gasteiger partial charge in [-0.1, -0.05) is 30.3 Å². The number of carbonyl (C=O) groups is 1. The zero-order chi connectivity index (χ0) is 23.1. The number of amides is 1. The largest absolute Gasteiger partial charge is 0.534 e. The molecule has 2 aromatic rings. The van der Waals surface area contributed by atoms with Crippen molar-refractivity contribution in [1.29, 1.82) is 5.26 Å². The molecule has 164 valence electrons. The summed E-state index contributed by atoms with van der Waals surface area (Å²) in [5, 5.41) is 14.0. The Morgan fingerprint density at radius 1 is 1.10 bits per heavy atom. The first-order valence-corrected chi connectivity index (χ1v) is 10.1. The van der Waals surface area contributed by atoms with Crippen LogP contribution < -0.4 is 4.18 Å². The van der Waals surface area contributed by atoms with E-state index in [-0.39, 0.29) is 12.3 Å². The van der Waals surface area contributed by atoms with E-state index in [0.717, 1.165) is 17.1 Å². The molecule has 0 fully saturated rings. The molecule has 0 aliphatic heterocycles. The highest BCUT2D eigenvalue weighted by molar-refractivity contribution is 7.88. The first-order chi connectivity index (χ1) is 14.6. The van der Waals surface area contributed by atoms with Crippen LogP contribution >= 0.6 is 0 Å². The van der Waals surface area contributed by atoms with Gasteiger partial charge in [0.05, 0.1) is 18.4 Å². The van der Waals surface area contributed by atoms with Crippen LogP contribution in [0.1, 0.15) is 18.1 Å². The second kappa shape index (κ2) is 9.94. The van der Waals surface area contributed by atoms with Crippen molar-refractivity contribution < 1.29 is 35.3 Å². The van der Waals surface area contributed by atoms with Gasteiger partial charge in [-0.25, -0.2) is 4.79 Å². The van der Waals surface area contributed by atoms with E-state index in [1.807, 2.05) is 0 Å². The monoisotopic (exact) mass is 455 g/mol. The van der Waals surface area contributed by atoms with Gasteiger partial charge in [-0.05, 0) is 31.2 Å². The summed E-state index contributed by atoms with van der Waals surface area (Å²) in [5.74, 6) is -0.562. The van der Waals surface area contributed by atoms with E-state index >= 15 is 0 Å². The molecule has 0 aliphatic carbocycles. The Labute approximate surface area is 176 Å². The SMILES string of the molecule is CCOC(=O)N(CC#N)N=C(c1ccccc1)c1ccc(OS(=O)(=O)C(F)(F)F)cc1. The van der Waals surface area contributed by atoms with Gasteiger partial charge in [0.25, 0.3) is 0 Å². The molecule has 0 saturated heterocycles. The predicted molar refractivity (Wildman–Crippen MR) is 103 cm³/mol. The molecule has 2 aromatic carbocycles. The molecule has 0 bridgehead atoms. The zero-order valence-electron chi connectivity index (χ0n) is 16.0. The highest BCUT2D eigenvalue weighted by atomic mass is 32.2. The van der Waals surface area contributed by atoms with Gasteiger partial charge in [-0.3, -0.25) is 0 Å². The summed E-state index contributed by atoms with van der Waals surface area (Å²) in [5.41, 5.74) is -4.55. The molecule has 31 heavy (non-hydrogen) atoms. The second-order valence-corrected chi connectivity index (χ2v) is 7.27. The van der Waals surface area contributed by atoms with Crippen LogP contribution in [-0.2, 0) is 14.9 Å². The van der Waals surface area contributed by atoms with E-state index in [1.54, 1.807) is 43.3 Å². The summed E-state index contributed by atoms with van der Waals surface area (Å²) in [6.45, 7) is 1.22. The molecule has 0 aliphatic rings. The molecule has 0 atom stereocenters. The lowest BCUT2D eigenvalue weighted by molar-refractivity contribution is -0.0500. The second-order valence-electron chi connectivity index (χ2n) is 5.74. The van der Waals surface area contributed by atoms with Gasteiger partial charge in [-0.2, -0.15) is 37.0 Å². The maximum absolute atomic E-state index is 12.5. The van der Waals surface area contributed by atoms with Crippen molar-refractivity contribution in [2.75, 3.05) is 13.2 Å². The number of ether oxygens (including phenoxy) is 1. The Morgan fingerprint density at radius 2 is 1.68 bits per heavy atom. The van der Waals surface area contributed by atoms with E-state index in [2.05, 4.69) is 9.28 Å². The van der Waals surface area contributed by atoms with Crippen molar-refractivity contribution >= 4 is 21.9 Å². The summed E-state index contributed by atoms with van der Waals surface area (Å²) in [6, 6.07) is 14.8. The van der Waals surface area contributed by atoms with Crippen LogP contribution in [0.2, 0.25) is 0 Å². The quantitative estimate of drug-likeness (QED) is 0.207. The standard InChI is InChI=1S/C19H16F3N3O5S/c1-2-29-18(26)25(13-12-23)24-17(14-6-4-3-5-7-14)15-8-10-16(11-9-15)30-31(27,28)19(20,21)22/h3-11H,2,13H2,1H3. The van der Waals surface area contributed by atoms with Gasteiger partial charge < -0.3 is 8.92 Å². The third-order valence-corrected chi connectivity index (χ3v) is 4.56. The molecule has 0 aromatic heterocycles. The summed E-state index contributed by atoms with van der Waals surface area (Å²) in [7, 11) is -5.82. The number of hydrogen-bond acceptors (Lipinski definition) is 7. The first-order valence-electron chi connectivity index (χ1n) is 8.65. The first kappa shape index (κ1) is 23.7. The van der Waals surface area contributed by atoms with Gasteiger partial charge in [-0.15, -0.1) is 0 Å². The minimum Gasteiger partial charge on any atom is -0.448 e. The fraction of sp³-hybridized carbons (Fsp3) is 0.211. The van der Waals surface area contributed by atoms with Crippen LogP contribution in [0.4, 0.5) is 18.0 Å². The molecule has 0 spiro atoms. The molecule has 0 heterocycles. The molecular formula is C19H16F3N3O5S. The normalized spacial score (nSPS) is 12.0. The van der Waals surface area contributed by atoms with E-state index in [9.17, 15) is 26.4 Å². The van der Waals surface area contributed by atoms with Crippen LogP contribution in [0.25, 0.3) is 0 Å². The average molecular weight is 455 g/mol. The number of carbonyl (C=O) groups excluding carboxylic acids is 1. The number of halogens is 3. The van der Waals surface area contributed by atoms with Gasteiger partial charge in [0, 0.05) is 11.1 Å². The van der Waals surface area contributed by atoms with E-state index in [0.29, 0.717) is 11.1 Å². The fourth-order valence-electron chi connectivity index (χ4n) is 2.25. The fourth-order valence-corrected chi connectivity index (χ4v) is 2.71.